The third-order valence-electron chi connectivity index (χ3n) is 6.17. The number of aromatic nitrogens is 2. The van der Waals surface area contributed by atoms with E-state index in [1.165, 1.54) is 24.8 Å². The van der Waals surface area contributed by atoms with Crippen LogP contribution in [0.25, 0.3) is 0 Å². The van der Waals surface area contributed by atoms with E-state index in [2.05, 4.69) is 50.5 Å². The maximum atomic E-state index is 5.67. The van der Waals surface area contributed by atoms with Gasteiger partial charge in [0.25, 0.3) is 0 Å². The van der Waals surface area contributed by atoms with Gasteiger partial charge < -0.3 is 19.7 Å². The van der Waals surface area contributed by atoms with Gasteiger partial charge in [0, 0.05) is 44.3 Å². The fourth-order valence-corrected chi connectivity index (χ4v) is 4.40. The van der Waals surface area contributed by atoms with Crippen LogP contribution in [0.1, 0.15) is 44.6 Å². The van der Waals surface area contributed by atoms with Gasteiger partial charge in [0.05, 0.1) is 6.61 Å². The Balaban J connectivity index is 1.48. The monoisotopic (exact) mass is 396 g/mol. The molecule has 1 aromatic heterocycles. The zero-order valence-corrected chi connectivity index (χ0v) is 17.4. The van der Waals surface area contributed by atoms with Crippen LogP contribution < -0.4 is 15.0 Å². The van der Waals surface area contributed by atoms with Crippen molar-refractivity contribution < 1.29 is 9.47 Å². The molecule has 6 heteroatoms. The summed E-state index contributed by atoms with van der Waals surface area (Å²) in [4.78, 5) is 11.4. The molecule has 6 nitrogen and oxygen atoms in total. The number of hydrogen-bond donors (Lipinski definition) is 1. The van der Waals surface area contributed by atoms with Gasteiger partial charge in [-0.1, -0.05) is 12.1 Å². The molecule has 0 amide bonds. The normalized spacial score (nSPS) is 19.0. The summed E-state index contributed by atoms with van der Waals surface area (Å²) in [6.45, 7) is 7.29. The standard InChI is InChI=1S/C23H32N4O2/c1-2-29-20-8-6-19(7-9-20)23(10-14-28-15-11-23)17-24-21-16-22(26-18-25-21)27-12-4-3-5-13-27/h6-9,16,18H,2-5,10-15,17H2,1H3,(H,24,25,26). The van der Waals surface area contributed by atoms with Gasteiger partial charge >= 0.3 is 0 Å². The summed E-state index contributed by atoms with van der Waals surface area (Å²) in [6, 6.07) is 10.7. The Morgan fingerprint density at radius 1 is 1.07 bits per heavy atom. The third-order valence-corrected chi connectivity index (χ3v) is 6.17. The van der Waals surface area contributed by atoms with Gasteiger partial charge in [-0.3, -0.25) is 0 Å². The summed E-state index contributed by atoms with van der Waals surface area (Å²) in [5.74, 6) is 2.86. The van der Waals surface area contributed by atoms with Crippen molar-refractivity contribution in [1.29, 1.82) is 0 Å². The van der Waals surface area contributed by atoms with Crippen LogP contribution in [0.3, 0.4) is 0 Å². The highest BCUT2D eigenvalue weighted by Gasteiger charge is 2.34. The molecule has 3 heterocycles. The maximum Gasteiger partial charge on any atom is 0.134 e. The summed E-state index contributed by atoms with van der Waals surface area (Å²) in [7, 11) is 0. The highest BCUT2D eigenvalue weighted by molar-refractivity contribution is 5.49. The topological polar surface area (TPSA) is 59.5 Å². The Kier molecular flexibility index (Phi) is 6.49. The average Bonchev–Trinajstić information content (AvgIpc) is 2.80. The van der Waals surface area contributed by atoms with Crippen molar-refractivity contribution in [3.05, 3.63) is 42.2 Å². The molecule has 0 bridgehead atoms. The van der Waals surface area contributed by atoms with E-state index in [0.717, 1.165) is 63.1 Å². The maximum absolute atomic E-state index is 5.67. The number of rotatable bonds is 7. The second kappa shape index (κ2) is 9.44. The van der Waals surface area contributed by atoms with E-state index >= 15 is 0 Å². The molecule has 0 spiro atoms. The molecule has 0 radical (unpaired) electrons. The van der Waals surface area contributed by atoms with Crippen LogP contribution in [0.5, 0.6) is 5.75 Å². The molecule has 1 N–H and O–H groups in total. The average molecular weight is 397 g/mol. The van der Waals surface area contributed by atoms with Crippen molar-refractivity contribution in [2.45, 2.75) is 44.4 Å². The van der Waals surface area contributed by atoms with Crippen LogP contribution in [0, 0.1) is 0 Å². The Labute approximate surface area is 173 Å². The number of piperidine rings is 1. The predicted molar refractivity (Wildman–Crippen MR) is 116 cm³/mol. The molecule has 2 aromatic rings. The Morgan fingerprint density at radius 2 is 1.83 bits per heavy atom. The minimum Gasteiger partial charge on any atom is -0.494 e. The van der Waals surface area contributed by atoms with Crippen molar-refractivity contribution in [3.8, 4) is 5.75 Å². The Hall–Kier alpha value is -2.34. The molecule has 2 saturated heterocycles. The smallest absolute Gasteiger partial charge is 0.134 e. The summed E-state index contributed by atoms with van der Waals surface area (Å²) in [5, 5.41) is 3.61. The van der Waals surface area contributed by atoms with Gasteiger partial charge in [0.2, 0.25) is 0 Å². The molecule has 2 fully saturated rings. The van der Waals surface area contributed by atoms with E-state index in [1.807, 2.05) is 6.92 Å². The summed E-state index contributed by atoms with van der Waals surface area (Å²) in [6.07, 6.45) is 7.48. The SMILES string of the molecule is CCOc1ccc(C2(CNc3cc(N4CCCCC4)ncn3)CCOCC2)cc1. The lowest BCUT2D eigenvalue weighted by atomic mass is 9.74. The van der Waals surface area contributed by atoms with E-state index in [0.29, 0.717) is 6.61 Å². The first kappa shape index (κ1) is 20.0. The molecule has 0 unspecified atom stereocenters. The second-order valence-electron chi connectivity index (χ2n) is 8.01. The van der Waals surface area contributed by atoms with Gasteiger partial charge in [-0.2, -0.15) is 0 Å². The number of nitrogens with zero attached hydrogens (tertiary/aromatic N) is 3. The molecule has 2 aliphatic rings. The summed E-state index contributed by atoms with van der Waals surface area (Å²) >= 11 is 0. The van der Waals surface area contributed by atoms with E-state index < -0.39 is 0 Å². The van der Waals surface area contributed by atoms with Crippen LogP contribution in [-0.4, -0.2) is 49.4 Å². The minimum absolute atomic E-state index is 0.0409. The van der Waals surface area contributed by atoms with Crippen LogP contribution in [0.4, 0.5) is 11.6 Å². The minimum atomic E-state index is 0.0409. The molecule has 2 aliphatic heterocycles. The van der Waals surface area contributed by atoms with Gasteiger partial charge in [-0.05, 0) is 56.7 Å². The van der Waals surface area contributed by atoms with Crippen molar-refractivity contribution in [3.63, 3.8) is 0 Å². The molecule has 4 rings (SSSR count). The number of hydrogen-bond acceptors (Lipinski definition) is 6. The van der Waals surface area contributed by atoms with Gasteiger partial charge in [0.1, 0.15) is 23.7 Å². The first-order valence-electron chi connectivity index (χ1n) is 10.9. The lowest BCUT2D eigenvalue weighted by molar-refractivity contribution is 0.0543. The number of ether oxygens (including phenoxy) is 2. The van der Waals surface area contributed by atoms with Crippen molar-refractivity contribution in [2.75, 3.05) is 49.7 Å². The molecular weight excluding hydrogens is 364 g/mol. The number of nitrogens with one attached hydrogen (secondary N) is 1. The molecule has 156 valence electrons. The predicted octanol–water partition coefficient (Wildman–Crippen LogP) is 4.03. The zero-order chi connectivity index (χ0) is 19.9. The molecule has 0 saturated carbocycles. The molecular formula is C23H32N4O2. The molecule has 0 atom stereocenters. The van der Waals surface area contributed by atoms with Crippen LogP contribution in [-0.2, 0) is 10.2 Å². The first-order chi connectivity index (χ1) is 14.3. The quantitative estimate of drug-likeness (QED) is 0.763. The van der Waals surface area contributed by atoms with Crippen molar-refractivity contribution in [2.24, 2.45) is 0 Å². The zero-order valence-electron chi connectivity index (χ0n) is 17.4. The Morgan fingerprint density at radius 3 is 2.55 bits per heavy atom. The molecule has 1 aromatic carbocycles. The Bertz CT molecular complexity index is 769. The third kappa shape index (κ3) is 4.81. The fourth-order valence-electron chi connectivity index (χ4n) is 4.40. The van der Waals surface area contributed by atoms with Crippen LogP contribution in [0.15, 0.2) is 36.7 Å². The van der Waals surface area contributed by atoms with E-state index in [-0.39, 0.29) is 5.41 Å². The van der Waals surface area contributed by atoms with Gasteiger partial charge in [-0.15, -0.1) is 0 Å². The van der Waals surface area contributed by atoms with Crippen molar-refractivity contribution >= 4 is 11.6 Å². The second-order valence-corrected chi connectivity index (χ2v) is 8.01. The van der Waals surface area contributed by atoms with E-state index in [1.54, 1.807) is 6.33 Å². The van der Waals surface area contributed by atoms with Crippen LogP contribution >= 0.6 is 0 Å². The number of anilines is 2. The highest BCUT2D eigenvalue weighted by Crippen LogP contribution is 2.36. The lowest BCUT2D eigenvalue weighted by Crippen LogP contribution is -2.40. The van der Waals surface area contributed by atoms with Gasteiger partial charge in [0.15, 0.2) is 0 Å². The summed E-state index contributed by atoms with van der Waals surface area (Å²) < 4.78 is 11.3. The summed E-state index contributed by atoms with van der Waals surface area (Å²) in [5.41, 5.74) is 1.38. The van der Waals surface area contributed by atoms with Crippen LogP contribution in [0.2, 0.25) is 0 Å². The molecule has 29 heavy (non-hydrogen) atoms. The van der Waals surface area contributed by atoms with Gasteiger partial charge in [-0.25, -0.2) is 9.97 Å². The van der Waals surface area contributed by atoms with E-state index in [4.69, 9.17) is 9.47 Å². The molecule has 0 aliphatic carbocycles. The van der Waals surface area contributed by atoms with E-state index in [9.17, 15) is 0 Å². The lowest BCUT2D eigenvalue weighted by Gasteiger charge is -2.38. The number of benzene rings is 1. The van der Waals surface area contributed by atoms with Crippen molar-refractivity contribution in [1.82, 2.24) is 9.97 Å². The first-order valence-corrected chi connectivity index (χ1v) is 10.9. The fraction of sp³-hybridized carbons (Fsp3) is 0.565. The highest BCUT2D eigenvalue weighted by atomic mass is 16.5. The largest absolute Gasteiger partial charge is 0.494 e.